The second-order valence-corrected chi connectivity index (χ2v) is 21.7. The summed E-state index contributed by atoms with van der Waals surface area (Å²) in [7, 11) is -20.9. The van der Waals surface area contributed by atoms with Crippen molar-refractivity contribution in [2.24, 2.45) is 30.7 Å². The molecule has 8 rings (SSSR count). The minimum absolute atomic E-state index is 0.0204. The maximum atomic E-state index is 13.1. The minimum atomic E-state index is -5.45. The van der Waals surface area contributed by atoms with Crippen LogP contribution in [0, 0.1) is 25.2 Å². The van der Waals surface area contributed by atoms with E-state index in [4.69, 9.17) is 14.6 Å². The Kier molecular flexibility index (Phi) is 13.8. The molecule has 5 aromatic carbocycles. The van der Waals surface area contributed by atoms with E-state index in [0.717, 1.165) is 18.2 Å². The fourth-order valence-electron chi connectivity index (χ4n) is 7.24. The third kappa shape index (κ3) is 10.3. The number of aliphatic hydroxyl groups excluding tert-OH is 1. The molecule has 378 valence electrons. The summed E-state index contributed by atoms with van der Waals surface area (Å²) in [4.78, 5) is 4.31. The van der Waals surface area contributed by atoms with E-state index in [0.29, 0.717) is 34.5 Å². The van der Waals surface area contributed by atoms with E-state index in [9.17, 15) is 67.4 Å². The molecule has 0 amide bonds. The van der Waals surface area contributed by atoms with Gasteiger partial charge < -0.3 is 24.8 Å². The Morgan fingerprint density at radius 3 is 2.05 bits per heavy atom. The van der Waals surface area contributed by atoms with Crippen molar-refractivity contribution in [3.63, 3.8) is 0 Å². The molecule has 0 fully saturated rings. The lowest BCUT2D eigenvalue weighted by atomic mass is 10.1. The van der Waals surface area contributed by atoms with Crippen molar-refractivity contribution in [3.8, 4) is 23.4 Å². The number of fused-ring (bicyclic) bond motifs is 5. The van der Waals surface area contributed by atoms with Crippen molar-refractivity contribution in [2.45, 2.75) is 33.4 Å². The molecule has 27 nitrogen and oxygen atoms in total. The van der Waals surface area contributed by atoms with E-state index in [1.165, 1.54) is 30.4 Å². The van der Waals surface area contributed by atoms with Crippen LogP contribution in [0.25, 0.3) is 37.7 Å². The summed E-state index contributed by atoms with van der Waals surface area (Å²) in [6.07, 6.45) is 0. The number of phenolic OH excluding ortho intramolecular Hbond substituents is 1. The first kappa shape index (κ1) is 51.8. The number of aromatic hydroxyl groups is 2. The zero-order chi connectivity index (χ0) is 52.9. The predicted molar refractivity (Wildman–Crippen MR) is 255 cm³/mol. The van der Waals surface area contributed by atoms with E-state index in [-0.39, 0.29) is 81.4 Å². The zero-order valence-electron chi connectivity index (χ0n) is 36.9. The van der Waals surface area contributed by atoms with Crippen molar-refractivity contribution in [2.75, 3.05) is 26.4 Å². The van der Waals surface area contributed by atoms with E-state index >= 15 is 0 Å². The van der Waals surface area contributed by atoms with Crippen molar-refractivity contribution in [1.82, 2.24) is 14.4 Å². The van der Waals surface area contributed by atoms with Crippen LogP contribution in [0.4, 0.5) is 33.6 Å². The third-order valence-corrected chi connectivity index (χ3v) is 14.9. The molecule has 0 spiro atoms. The number of para-hydroxylation sites is 2. The average molecular weight is 1100 g/mol. The number of aryl methyl sites for hydroxylation is 1. The average Bonchev–Trinajstić information content (AvgIpc) is 3.91. The highest BCUT2D eigenvalue weighted by Crippen LogP contribution is 2.47. The maximum Gasteiger partial charge on any atom is 0.297 e. The molecule has 0 bridgehead atoms. The molecule has 0 saturated carbocycles. The van der Waals surface area contributed by atoms with Gasteiger partial charge in [-0.15, -0.1) is 30.7 Å². The lowest BCUT2D eigenvalue weighted by Gasteiger charge is -2.13. The van der Waals surface area contributed by atoms with Crippen LogP contribution in [0.3, 0.4) is 0 Å². The van der Waals surface area contributed by atoms with E-state index < -0.39 is 99.3 Å². The number of hydrogen-bond donors (Lipinski definition) is 7. The number of aromatic nitrogens is 3. The molecular formula is C41H32N10O17S5. The van der Waals surface area contributed by atoms with Gasteiger partial charge in [0.05, 0.1) is 46.1 Å². The summed E-state index contributed by atoms with van der Waals surface area (Å²) in [5.41, 5.74) is -1.29. The molecule has 0 aliphatic carbocycles. The molecule has 3 aromatic heterocycles. The summed E-state index contributed by atoms with van der Waals surface area (Å²) < 4.78 is 152. The third-order valence-electron chi connectivity index (χ3n) is 10.5. The van der Waals surface area contributed by atoms with Crippen LogP contribution < -0.4 is 4.74 Å². The number of nitrogens with zero attached hydrogens (tertiary/aromatic N) is 10. The highest BCUT2D eigenvalue weighted by molar-refractivity contribution is 7.87. The van der Waals surface area contributed by atoms with Gasteiger partial charge in [0, 0.05) is 22.4 Å². The Hall–Kier alpha value is -7.55. The number of thiazole rings is 1. The maximum absolute atomic E-state index is 13.1. The van der Waals surface area contributed by atoms with E-state index in [2.05, 4.69) is 40.7 Å². The largest absolute Gasteiger partial charge is 0.505 e. The van der Waals surface area contributed by atoms with Crippen LogP contribution in [0.2, 0.25) is 0 Å². The highest BCUT2D eigenvalue weighted by Gasteiger charge is 2.29. The Balaban J connectivity index is 1.21. The SMILES string of the molecule is Cc1cc(N=Nc2c(S(=O)(=O)O)cc3c(S(=O)(=O)O)c(N=Nc4c(C)c(C#N)c5nc6ccccc6n5c4O)ccc3c2O)c(OCCOCCO)cc1N=Nc1nc2c(S(=O)(=O)O)cc(S(=O)(=O)O)cc2s1. The van der Waals surface area contributed by atoms with Crippen molar-refractivity contribution >= 4 is 123 Å². The number of azo groups is 3. The molecule has 8 aromatic rings. The van der Waals surface area contributed by atoms with Gasteiger partial charge in [-0.2, -0.15) is 38.9 Å². The lowest BCUT2D eigenvalue weighted by Crippen LogP contribution is -2.09. The number of nitriles is 1. The highest BCUT2D eigenvalue weighted by atomic mass is 32.2. The van der Waals surface area contributed by atoms with Gasteiger partial charge in [-0.3, -0.25) is 22.6 Å². The van der Waals surface area contributed by atoms with E-state index in [1.54, 1.807) is 24.3 Å². The monoisotopic (exact) mass is 1100 g/mol. The number of aliphatic hydroxyl groups is 1. The molecule has 0 unspecified atom stereocenters. The molecule has 3 heterocycles. The molecule has 0 atom stereocenters. The molecule has 0 aliphatic rings. The van der Waals surface area contributed by atoms with Crippen molar-refractivity contribution in [3.05, 3.63) is 83.4 Å². The Bertz CT molecular complexity index is 4250. The minimum Gasteiger partial charge on any atom is -0.505 e. The number of imidazole rings is 1. The van der Waals surface area contributed by atoms with Crippen LogP contribution in [0.5, 0.6) is 17.4 Å². The number of ether oxygens (including phenoxy) is 2. The molecular weight excluding hydrogens is 1060 g/mol. The van der Waals surface area contributed by atoms with Crippen LogP contribution in [-0.2, 0) is 45.2 Å². The Morgan fingerprint density at radius 1 is 0.699 bits per heavy atom. The summed E-state index contributed by atoms with van der Waals surface area (Å²) in [5.74, 6) is -1.79. The molecule has 73 heavy (non-hydrogen) atoms. The number of hydrogen-bond acceptors (Lipinski definition) is 23. The topological polar surface area (TPSA) is 425 Å². The normalized spacial score (nSPS) is 13.0. The Labute approximate surface area is 414 Å². The van der Waals surface area contributed by atoms with Crippen LogP contribution in [-0.4, -0.2) is 108 Å². The number of pyridine rings is 1. The molecule has 32 heteroatoms. The zero-order valence-corrected chi connectivity index (χ0v) is 41.0. The van der Waals surface area contributed by atoms with Gasteiger partial charge in [0.15, 0.2) is 17.1 Å². The van der Waals surface area contributed by atoms with Gasteiger partial charge in [-0.25, -0.2) is 9.97 Å². The number of phenols is 1. The van der Waals surface area contributed by atoms with Gasteiger partial charge >= 0.3 is 0 Å². The second kappa shape index (κ2) is 19.5. The van der Waals surface area contributed by atoms with Gasteiger partial charge in [0.25, 0.3) is 40.5 Å². The first-order valence-corrected chi connectivity index (χ1v) is 26.8. The van der Waals surface area contributed by atoms with Crippen LogP contribution >= 0.6 is 11.3 Å². The van der Waals surface area contributed by atoms with Crippen molar-refractivity contribution < 1.29 is 76.7 Å². The van der Waals surface area contributed by atoms with Gasteiger partial charge in [0.2, 0.25) is 11.0 Å². The van der Waals surface area contributed by atoms with Crippen LogP contribution in [0.15, 0.2) is 117 Å². The summed E-state index contributed by atoms with van der Waals surface area (Å²) >= 11 is 0.634. The lowest BCUT2D eigenvalue weighted by molar-refractivity contribution is 0.0706. The van der Waals surface area contributed by atoms with Crippen molar-refractivity contribution in [1.29, 1.82) is 5.26 Å². The van der Waals surface area contributed by atoms with E-state index in [1.807, 2.05) is 6.07 Å². The summed E-state index contributed by atoms with van der Waals surface area (Å²) in [6, 6.07) is 15.1. The second-order valence-electron chi connectivity index (χ2n) is 15.2. The summed E-state index contributed by atoms with van der Waals surface area (Å²) in [5, 5.41) is 64.7. The quantitative estimate of drug-likeness (QED) is 0.0276. The van der Waals surface area contributed by atoms with Crippen LogP contribution in [0.1, 0.15) is 16.7 Å². The smallest absolute Gasteiger partial charge is 0.297 e. The number of rotatable bonds is 16. The first-order valence-electron chi connectivity index (χ1n) is 20.2. The number of benzene rings is 5. The summed E-state index contributed by atoms with van der Waals surface area (Å²) in [6.45, 7) is 2.22. The molecule has 0 aliphatic heterocycles. The molecule has 0 radical (unpaired) electrons. The van der Waals surface area contributed by atoms with Gasteiger partial charge in [0.1, 0.15) is 61.3 Å². The molecule has 0 saturated heterocycles. The molecule has 7 N–H and O–H groups in total. The first-order chi connectivity index (χ1) is 34.3. The van der Waals surface area contributed by atoms with Gasteiger partial charge in [-0.05, 0) is 67.9 Å². The fraction of sp³-hybridized carbons (Fsp3) is 0.146. The van der Waals surface area contributed by atoms with Gasteiger partial charge in [-0.1, -0.05) is 23.5 Å². The standard InChI is InChI=1S/C41H32N10O17S5/c1-19-13-28(30(68-12-11-67-10-9-52)17-27(19)46-50-41-44-35-31(69-41)14-21(70(55,56)57)15-32(35)71(58,59)60)47-49-36-33(72(61,62)63)16-23-22(37(36)53)7-8-26(38(23)73(64,65)66)45-48-34-20(2)24(18-42)39-43-25-5-3-4-6-29(25)51(39)40(34)54/h3-8,13-17,52-54H,9-12H2,1-2H3,(H,55,56,57)(H,58,59,60)(H,61,62,63)(H,64,65,66). The predicted octanol–water partition coefficient (Wildman–Crippen LogP) is 7.77. The fourth-order valence-corrected chi connectivity index (χ4v) is 11.0. The Morgan fingerprint density at radius 2 is 1.38 bits per heavy atom.